The van der Waals surface area contributed by atoms with E-state index in [4.69, 9.17) is 4.74 Å². The Kier molecular flexibility index (Phi) is 7.51. The third-order valence-electron chi connectivity index (χ3n) is 3.01. The minimum Gasteiger partial charge on any atom is -0.383 e. The van der Waals surface area contributed by atoms with Gasteiger partial charge in [0.05, 0.1) is 6.61 Å². The average Bonchev–Trinajstić information content (AvgIpc) is 2.77. The van der Waals surface area contributed by atoms with Crippen molar-refractivity contribution in [3.63, 3.8) is 0 Å². The van der Waals surface area contributed by atoms with Crippen molar-refractivity contribution in [2.24, 2.45) is 0 Å². The van der Waals surface area contributed by atoms with E-state index in [0.29, 0.717) is 6.04 Å². The minimum atomic E-state index is 0.457. The van der Waals surface area contributed by atoms with Crippen molar-refractivity contribution in [1.82, 2.24) is 10.2 Å². The molecule has 0 fully saturated rings. The summed E-state index contributed by atoms with van der Waals surface area (Å²) in [4.78, 5) is 5.18. The molecule has 1 heterocycles. The third-order valence-corrected chi connectivity index (χ3v) is 4.08. The van der Waals surface area contributed by atoms with Crippen LogP contribution in [0.15, 0.2) is 12.1 Å². The molecule has 0 aliphatic heterocycles. The zero-order valence-corrected chi connectivity index (χ0v) is 12.8. The Morgan fingerprint density at radius 2 is 2.11 bits per heavy atom. The summed E-state index contributed by atoms with van der Waals surface area (Å²) in [7, 11) is 3.91. The summed E-state index contributed by atoms with van der Waals surface area (Å²) in [6.07, 6.45) is 1.19. The van der Waals surface area contributed by atoms with Gasteiger partial charge in [-0.25, -0.2) is 0 Å². The van der Waals surface area contributed by atoms with Crippen molar-refractivity contribution in [2.45, 2.75) is 39.4 Å². The molecule has 1 aromatic heterocycles. The molecule has 0 aromatic carbocycles. The van der Waals surface area contributed by atoms with Gasteiger partial charge in [0.1, 0.15) is 0 Å². The second-order valence-electron chi connectivity index (χ2n) is 4.76. The molecule has 1 N–H and O–H groups in total. The Morgan fingerprint density at radius 1 is 1.39 bits per heavy atom. The standard InChI is InChI=1S/C14H26N2OS/c1-5-8-15-9-13-6-7-14(18-13)10-16(3)12(2)11-17-4/h6-7,12,15H,5,8-11H2,1-4H3. The lowest BCUT2D eigenvalue weighted by atomic mass is 10.3. The van der Waals surface area contributed by atoms with Gasteiger partial charge in [-0.2, -0.15) is 0 Å². The lowest BCUT2D eigenvalue weighted by molar-refractivity contribution is 0.112. The highest BCUT2D eigenvalue weighted by molar-refractivity contribution is 7.11. The predicted molar refractivity (Wildman–Crippen MR) is 79.1 cm³/mol. The van der Waals surface area contributed by atoms with Crippen molar-refractivity contribution in [3.05, 3.63) is 21.9 Å². The van der Waals surface area contributed by atoms with E-state index in [-0.39, 0.29) is 0 Å². The van der Waals surface area contributed by atoms with E-state index in [2.05, 4.69) is 43.2 Å². The van der Waals surface area contributed by atoms with Crippen LogP contribution in [0.2, 0.25) is 0 Å². The highest BCUT2D eigenvalue weighted by atomic mass is 32.1. The molecule has 3 nitrogen and oxygen atoms in total. The van der Waals surface area contributed by atoms with Gasteiger partial charge in [0, 0.05) is 36.0 Å². The van der Waals surface area contributed by atoms with Gasteiger partial charge < -0.3 is 10.1 Å². The molecule has 0 saturated heterocycles. The molecular weight excluding hydrogens is 244 g/mol. The summed E-state index contributed by atoms with van der Waals surface area (Å²) in [6, 6.07) is 4.93. The maximum absolute atomic E-state index is 5.18. The monoisotopic (exact) mass is 270 g/mol. The van der Waals surface area contributed by atoms with Gasteiger partial charge in [-0.3, -0.25) is 4.90 Å². The predicted octanol–water partition coefficient (Wildman–Crippen LogP) is 2.71. The molecule has 0 aliphatic rings. The summed E-state index contributed by atoms with van der Waals surface area (Å²) in [5.41, 5.74) is 0. The smallest absolute Gasteiger partial charge is 0.0615 e. The van der Waals surface area contributed by atoms with Gasteiger partial charge in [-0.05, 0) is 39.1 Å². The first kappa shape index (κ1) is 15.6. The molecule has 0 aliphatic carbocycles. The molecule has 0 amide bonds. The number of likely N-dealkylation sites (N-methyl/N-ethyl adjacent to an activating group) is 1. The highest BCUT2D eigenvalue weighted by Crippen LogP contribution is 2.18. The Morgan fingerprint density at radius 3 is 2.78 bits per heavy atom. The number of nitrogens with zero attached hydrogens (tertiary/aromatic N) is 1. The Hall–Kier alpha value is -0.420. The molecule has 1 rings (SSSR count). The number of ether oxygens (including phenoxy) is 1. The minimum absolute atomic E-state index is 0.457. The SMILES string of the molecule is CCCNCc1ccc(CN(C)C(C)COC)s1. The van der Waals surface area contributed by atoms with E-state index >= 15 is 0 Å². The van der Waals surface area contributed by atoms with Crippen LogP contribution in [0.25, 0.3) is 0 Å². The van der Waals surface area contributed by atoms with Gasteiger partial charge in [0.15, 0.2) is 0 Å². The largest absolute Gasteiger partial charge is 0.383 e. The summed E-state index contributed by atoms with van der Waals surface area (Å²) in [5.74, 6) is 0. The number of methoxy groups -OCH3 is 1. The Bertz CT molecular complexity index is 327. The zero-order valence-electron chi connectivity index (χ0n) is 12.0. The molecule has 1 aromatic rings. The lowest BCUT2D eigenvalue weighted by Crippen LogP contribution is -2.31. The molecule has 18 heavy (non-hydrogen) atoms. The van der Waals surface area contributed by atoms with Crippen LogP contribution in [0.3, 0.4) is 0 Å². The van der Waals surface area contributed by atoms with Crippen LogP contribution < -0.4 is 5.32 Å². The quantitative estimate of drug-likeness (QED) is 0.698. The molecule has 0 bridgehead atoms. The molecule has 4 heteroatoms. The van der Waals surface area contributed by atoms with E-state index in [1.54, 1.807) is 7.11 Å². The van der Waals surface area contributed by atoms with Crippen molar-refractivity contribution in [1.29, 1.82) is 0 Å². The van der Waals surface area contributed by atoms with E-state index < -0.39 is 0 Å². The highest BCUT2D eigenvalue weighted by Gasteiger charge is 2.10. The Labute approximate surface area is 115 Å². The van der Waals surface area contributed by atoms with Crippen LogP contribution in [0.4, 0.5) is 0 Å². The average molecular weight is 270 g/mol. The summed E-state index contributed by atoms with van der Waals surface area (Å²) >= 11 is 1.90. The van der Waals surface area contributed by atoms with Crippen LogP contribution >= 0.6 is 11.3 Å². The normalized spacial score (nSPS) is 13.2. The molecular formula is C14H26N2OS. The fraction of sp³-hybridized carbons (Fsp3) is 0.714. The molecule has 0 saturated carbocycles. The zero-order chi connectivity index (χ0) is 13.4. The number of nitrogens with one attached hydrogen (secondary N) is 1. The van der Waals surface area contributed by atoms with E-state index in [0.717, 1.165) is 26.2 Å². The van der Waals surface area contributed by atoms with Gasteiger partial charge in [-0.1, -0.05) is 6.92 Å². The number of rotatable bonds is 9. The van der Waals surface area contributed by atoms with Crippen molar-refractivity contribution in [2.75, 3.05) is 27.3 Å². The second-order valence-corrected chi connectivity index (χ2v) is 6.02. The number of thiophene rings is 1. The maximum Gasteiger partial charge on any atom is 0.0615 e. The van der Waals surface area contributed by atoms with Crippen LogP contribution in [0.5, 0.6) is 0 Å². The fourth-order valence-corrected chi connectivity index (χ4v) is 2.81. The maximum atomic E-state index is 5.18. The van der Waals surface area contributed by atoms with Crippen LogP contribution in [-0.2, 0) is 17.8 Å². The molecule has 0 radical (unpaired) electrons. The fourth-order valence-electron chi connectivity index (χ4n) is 1.76. The topological polar surface area (TPSA) is 24.5 Å². The first-order valence-corrected chi connectivity index (χ1v) is 7.46. The van der Waals surface area contributed by atoms with Crippen molar-refractivity contribution < 1.29 is 4.74 Å². The van der Waals surface area contributed by atoms with E-state index in [1.165, 1.54) is 16.2 Å². The van der Waals surface area contributed by atoms with Gasteiger partial charge in [0.2, 0.25) is 0 Å². The first-order valence-electron chi connectivity index (χ1n) is 6.64. The molecule has 0 spiro atoms. The Balaban J connectivity index is 2.38. The van der Waals surface area contributed by atoms with Gasteiger partial charge in [0.25, 0.3) is 0 Å². The van der Waals surface area contributed by atoms with Crippen LogP contribution in [0, 0.1) is 0 Å². The first-order chi connectivity index (χ1) is 8.67. The summed E-state index contributed by atoms with van der Waals surface area (Å²) < 4.78 is 5.18. The van der Waals surface area contributed by atoms with Crippen molar-refractivity contribution >= 4 is 11.3 Å². The second kappa shape index (κ2) is 8.64. The molecule has 104 valence electrons. The van der Waals surface area contributed by atoms with Crippen LogP contribution in [0.1, 0.15) is 30.0 Å². The summed E-state index contributed by atoms with van der Waals surface area (Å²) in [6.45, 7) is 8.27. The lowest BCUT2D eigenvalue weighted by Gasteiger charge is -2.23. The van der Waals surface area contributed by atoms with Gasteiger partial charge >= 0.3 is 0 Å². The van der Waals surface area contributed by atoms with E-state index in [9.17, 15) is 0 Å². The van der Waals surface area contributed by atoms with Gasteiger partial charge in [-0.15, -0.1) is 11.3 Å². The molecule has 1 atom stereocenters. The summed E-state index contributed by atoms with van der Waals surface area (Å²) in [5, 5.41) is 3.44. The van der Waals surface area contributed by atoms with Crippen molar-refractivity contribution in [3.8, 4) is 0 Å². The third kappa shape index (κ3) is 5.48. The number of hydrogen-bond donors (Lipinski definition) is 1. The molecule has 1 unspecified atom stereocenters. The van der Waals surface area contributed by atoms with Crippen LogP contribution in [-0.4, -0.2) is 38.3 Å². The number of hydrogen-bond acceptors (Lipinski definition) is 4. The van der Waals surface area contributed by atoms with E-state index in [1.807, 2.05) is 11.3 Å².